The van der Waals surface area contributed by atoms with Crippen LogP contribution in [0.15, 0.2) is 4.52 Å². The van der Waals surface area contributed by atoms with Crippen LogP contribution in [0.2, 0.25) is 0 Å². The molecule has 2 atom stereocenters. The normalized spacial score (nSPS) is 26.0. The fourth-order valence-electron chi connectivity index (χ4n) is 3.53. The molecule has 1 aromatic rings. The van der Waals surface area contributed by atoms with Crippen LogP contribution >= 0.6 is 12.4 Å². The number of aryl methyl sites for hydroxylation is 1. The van der Waals surface area contributed by atoms with E-state index < -0.39 is 0 Å². The lowest BCUT2D eigenvalue weighted by molar-refractivity contribution is -0.133. The van der Waals surface area contributed by atoms with Gasteiger partial charge >= 0.3 is 0 Å². The van der Waals surface area contributed by atoms with Gasteiger partial charge in [-0.15, -0.1) is 12.4 Å². The molecule has 2 fully saturated rings. The van der Waals surface area contributed by atoms with E-state index in [2.05, 4.69) is 10.1 Å². The molecule has 1 aliphatic carbocycles. The Labute approximate surface area is 137 Å². The van der Waals surface area contributed by atoms with E-state index in [1.807, 2.05) is 11.8 Å². The van der Waals surface area contributed by atoms with Crippen LogP contribution in [0.25, 0.3) is 0 Å². The molecule has 22 heavy (non-hydrogen) atoms. The number of piperidine rings is 1. The van der Waals surface area contributed by atoms with Gasteiger partial charge in [-0.25, -0.2) is 0 Å². The van der Waals surface area contributed by atoms with E-state index in [9.17, 15) is 4.79 Å². The van der Waals surface area contributed by atoms with E-state index in [0.29, 0.717) is 24.1 Å². The van der Waals surface area contributed by atoms with Gasteiger partial charge in [-0.3, -0.25) is 4.79 Å². The molecule has 2 N–H and O–H groups in total. The van der Waals surface area contributed by atoms with E-state index >= 15 is 0 Å². The molecule has 0 bridgehead atoms. The van der Waals surface area contributed by atoms with Crippen molar-refractivity contribution in [3.8, 4) is 0 Å². The number of hydrogen-bond acceptors (Lipinski definition) is 5. The predicted molar refractivity (Wildman–Crippen MR) is 84.8 cm³/mol. The smallest absolute Gasteiger partial charge is 0.229 e. The highest BCUT2D eigenvalue weighted by Gasteiger charge is 2.31. The number of amides is 1. The third-order valence-electron chi connectivity index (χ3n) is 4.89. The van der Waals surface area contributed by atoms with Crippen LogP contribution in [0.1, 0.15) is 56.2 Å². The predicted octanol–water partition coefficient (Wildman–Crippen LogP) is 2.02. The first-order chi connectivity index (χ1) is 10.1. The second kappa shape index (κ2) is 7.42. The highest BCUT2D eigenvalue weighted by molar-refractivity contribution is 5.85. The fraction of sp³-hybridized carbons (Fsp3) is 0.800. The molecule has 1 amide bonds. The van der Waals surface area contributed by atoms with Crippen LogP contribution in [-0.4, -0.2) is 40.1 Å². The Balaban J connectivity index is 0.00000176. The highest BCUT2D eigenvalue weighted by Crippen LogP contribution is 2.30. The lowest BCUT2D eigenvalue weighted by Crippen LogP contribution is -2.40. The topological polar surface area (TPSA) is 85.2 Å². The standard InChI is InChI=1S/C15H24N4O2.ClH/c1-10-17-15(21-18-10)11-5-7-19(8-6-11)14(20)9-12-3-2-4-13(12)16;/h11-13H,2-9,16H2,1H3;1H/t12-,13+;/m0./s1. The van der Waals surface area contributed by atoms with Gasteiger partial charge in [0.1, 0.15) is 0 Å². The summed E-state index contributed by atoms with van der Waals surface area (Å²) in [5.74, 6) is 2.34. The van der Waals surface area contributed by atoms with E-state index in [0.717, 1.165) is 51.1 Å². The Kier molecular flexibility index (Phi) is 5.81. The van der Waals surface area contributed by atoms with Crippen LogP contribution in [0.3, 0.4) is 0 Å². The fourth-order valence-corrected chi connectivity index (χ4v) is 3.53. The first-order valence-corrected chi connectivity index (χ1v) is 7.97. The first-order valence-electron chi connectivity index (χ1n) is 7.97. The maximum atomic E-state index is 12.4. The minimum atomic E-state index is 0. The van der Waals surface area contributed by atoms with Gasteiger partial charge in [0.15, 0.2) is 5.82 Å². The Morgan fingerprint density at radius 3 is 2.59 bits per heavy atom. The maximum Gasteiger partial charge on any atom is 0.229 e. The van der Waals surface area contributed by atoms with Crippen molar-refractivity contribution in [2.24, 2.45) is 11.7 Å². The van der Waals surface area contributed by atoms with Gasteiger partial charge in [-0.1, -0.05) is 11.6 Å². The maximum absolute atomic E-state index is 12.4. The summed E-state index contributed by atoms with van der Waals surface area (Å²) in [6.45, 7) is 3.40. The lowest BCUT2D eigenvalue weighted by atomic mass is 9.95. The third kappa shape index (κ3) is 3.79. The molecule has 1 saturated heterocycles. The molecule has 2 heterocycles. The van der Waals surface area contributed by atoms with Crippen molar-refractivity contribution in [1.82, 2.24) is 15.0 Å². The number of carbonyl (C=O) groups excluding carboxylic acids is 1. The molecular formula is C15H25ClN4O2. The van der Waals surface area contributed by atoms with Gasteiger partial charge < -0.3 is 15.2 Å². The van der Waals surface area contributed by atoms with Crippen molar-refractivity contribution < 1.29 is 9.32 Å². The summed E-state index contributed by atoms with van der Waals surface area (Å²) in [7, 11) is 0. The van der Waals surface area contributed by atoms with Gasteiger partial charge in [0.05, 0.1) is 0 Å². The van der Waals surface area contributed by atoms with Gasteiger partial charge in [0.2, 0.25) is 11.8 Å². The molecular weight excluding hydrogens is 304 g/mol. The van der Waals surface area contributed by atoms with E-state index in [1.54, 1.807) is 0 Å². The van der Waals surface area contributed by atoms with Gasteiger partial charge in [-0.2, -0.15) is 4.98 Å². The Morgan fingerprint density at radius 1 is 1.32 bits per heavy atom. The Hall–Kier alpha value is -1.14. The number of halogens is 1. The summed E-state index contributed by atoms with van der Waals surface area (Å²) in [6, 6.07) is 0.216. The zero-order chi connectivity index (χ0) is 14.8. The van der Waals surface area contributed by atoms with Gasteiger partial charge in [0.25, 0.3) is 0 Å². The molecule has 0 unspecified atom stereocenters. The van der Waals surface area contributed by atoms with Crippen molar-refractivity contribution in [3.63, 3.8) is 0 Å². The van der Waals surface area contributed by atoms with Crippen LogP contribution in [0.4, 0.5) is 0 Å². The summed E-state index contributed by atoms with van der Waals surface area (Å²) in [4.78, 5) is 18.6. The van der Waals surface area contributed by atoms with Crippen LogP contribution in [0, 0.1) is 12.8 Å². The SMILES string of the molecule is Cc1noc(C2CCN(C(=O)C[C@@H]3CCC[C@H]3N)CC2)n1.Cl. The number of carbonyl (C=O) groups is 1. The first kappa shape index (κ1) is 17.2. The number of nitrogens with zero attached hydrogens (tertiary/aromatic N) is 3. The van der Waals surface area contributed by atoms with Crippen LogP contribution in [0.5, 0.6) is 0 Å². The summed E-state index contributed by atoms with van der Waals surface area (Å²) in [5, 5.41) is 3.84. The lowest BCUT2D eigenvalue weighted by Gasteiger charge is -2.31. The zero-order valence-corrected chi connectivity index (χ0v) is 13.8. The quantitative estimate of drug-likeness (QED) is 0.917. The second-order valence-electron chi connectivity index (χ2n) is 6.39. The zero-order valence-electron chi connectivity index (χ0n) is 13.0. The highest BCUT2D eigenvalue weighted by atomic mass is 35.5. The minimum absolute atomic E-state index is 0. The number of likely N-dealkylation sites (tertiary alicyclic amines) is 1. The van der Waals surface area contributed by atoms with E-state index in [4.69, 9.17) is 10.3 Å². The van der Waals surface area contributed by atoms with E-state index in [1.165, 1.54) is 0 Å². The molecule has 2 aliphatic rings. The van der Waals surface area contributed by atoms with Crippen molar-refractivity contribution in [2.45, 2.75) is 57.4 Å². The molecule has 1 aliphatic heterocycles. The molecule has 0 spiro atoms. The van der Waals surface area contributed by atoms with Crippen LogP contribution < -0.4 is 5.73 Å². The molecule has 7 heteroatoms. The molecule has 0 aromatic carbocycles. The Morgan fingerprint density at radius 2 is 2.05 bits per heavy atom. The molecule has 6 nitrogen and oxygen atoms in total. The third-order valence-corrected chi connectivity index (χ3v) is 4.89. The average Bonchev–Trinajstić information content (AvgIpc) is 3.08. The van der Waals surface area contributed by atoms with Crippen molar-refractivity contribution in [2.75, 3.05) is 13.1 Å². The second-order valence-corrected chi connectivity index (χ2v) is 6.39. The minimum Gasteiger partial charge on any atom is -0.343 e. The summed E-state index contributed by atoms with van der Waals surface area (Å²) < 4.78 is 5.24. The number of rotatable bonds is 3. The van der Waals surface area contributed by atoms with Gasteiger partial charge in [-0.05, 0) is 38.5 Å². The monoisotopic (exact) mass is 328 g/mol. The van der Waals surface area contributed by atoms with E-state index in [-0.39, 0.29) is 24.4 Å². The van der Waals surface area contributed by atoms with Crippen molar-refractivity contribution in [1.29, 1.82) is 0 Å². The van der Waals surface area contributed by atoms with Gasteiger partial charge in [0, 0.05) is 31.5 Å². The number of hydrogen-bond donors (Lipinski definition) is 1. The summed E-state index contributed by atoms with van der Waals surface area (Å²) in [5.41, 5.74) is 6.06. The number of nitrogens with two attached hydrogens (primary N) is 1. The van der Waals surface area contributed by atoms with Crippen molar-refractivity contribution >= 4 is 18.3 Å². The van der Waals surface area contributed by atoms with Crippen molar-refractivity contribution in [3.05, 3.63) is 11.7 Å². The molecule has 1 saturated carbocycles. The molecule has 124 valence electrons. The molecule has 3 rings (SSSR count). The molecule has 0 radical (unpaired) electrons. The Bertz CT molecular complexity index is 499. The average molecular weight is 329 g/mol. The summed E-state index contributed by atoms with van der Waals surface area (Å²) >= 11 is 0. The summed E-state index contributed by atoms with van der Waals surface area (Å²) in [6.07, 6.45) is 5.76. The largest absolute Gasteiger partial charge is 0.343 e. The molecule has 1 aromatic heterocycles. The van der Waals surface area contributed by atoms with Crippen LogP contribution in [-0.2, 0) is 4.79 Å². The number of aromatic nitrogens is 2.